The van der Waals surface area contributed by atoms with Crippen molar-refractivity contribution in [2.75, 3.05) is 0 Å². The van der Waals surface area contributed by atoms with Gasteiger partial charge in [0, 0.05) is 0 Å². The van der Waals surface area contributed by atoms with Crippen LogP contribution >= 0.6 is 0 Å². The molecule has 0 aliphatic rings. The molecule has 0 aromatic carbocycles. The summed E-state index contributed by atoms with van der Waals surface area (Å²) in [5, 5.41) is 0. The number of rotatable bonds is 1. The summed E-state index contributed by atoms with van der Waals surface area (Å²) in [6.45, 7) is 0. The third kappa shape index (κ3) is 3.90. The first-order chi connectivity index (χ1) is 2.56. The fourth-order valence-electron chi connectivity index (χ4n) is 0. The van der Waals surface area contributed by atoms with Crippen LogP contribution in [0.25, 0.3) is 0 Å². The zero-order chi connectivity index (χ0) is 5.21. The summed E-state index contributed by atoms with van der Waals surface area (Å²) < 4.78 is 42.5. The van der Waals surface area contributed by atoms with Crippen molar-refractivity contribution in [3.63, 3.8) is 0 Å². The zero-order valence-corrected chi connectivity index (χ0v) is 3.42. The van der Waals surface area contributed by atoms with Gasteiger partial charge in [-0.3, -0.25) is 0 Å². The average Bonchev–Trinajstić information content (AvgIpc) is 1.35. The molecule has 0 fully saturated rings. The molecule has 0 amide bonds. The molecule has 0 radical (unpaired) electrons. The Morgan fingerprint density at radius 1 is 1.17 bits per heavy atom. The lowest BCUT2D eigenvalue weighted by atomic mass is 15.6. The van der Waals surface area contributed by atoms with E-state index in [1.807, 2.05) is 0 Å². The minimum Gasteiger partial charge on any atom is -0.213 e. The van der Waals surface area contributed by atoms with E-state index in [0.29, 0.717) is 0 Å². The maximum atomic E-state index is 10.3. The number of halogens is 4. The standard InChI is InChI=1S/F4OSi/c1-5-6(2,3)4. The van der Waals surface area contributed by atoms with Crippen LogP contribution in [0.2, 0.25) is 0 Å². The van der Waals surface area contributed by atoms with Gasteiger partial charge < -0.3 is 0 Å². The second-order valence-electron chi connectivity index (χ2n) is 0.523. The summed E-state index contributed by atoms with van der Waals surface area (Å²) in [6, 6.07) is 0. The first-order valence-corrected chi connectivity index (χ1v) is 2.47. The molecule has 6 heteroatoms. The highest BCUT2D eigenvalue weighted by Crippen LogP contribution is 2.08. The van der Waals surface area contributed by atoms with Gasteiger partial charge in [0.05, 0.1) is 0 Å². The summed E-state index contributed by atoms with van der Waals surface area (Å²) in [5.41, 5.74) is 0. The molecule has 1 nitrogen and oxygen atoms in total. The minimum atomic E-state index is -6.30. The molecule has 0 aromatic rings. The molecular formula is F4OSi. The lowest BCUT2D eigenvalue weighted by molar-refractivity contribution is -0.0689. The predicted molar refractivity (Wildman–Crippen MR) is 11.3 cm³/mol. The smallest absolute Gasteiger partial charge is 0.213 e. The Morgan fingerprint density at radius 3 is 1.33 bits per heavy atom. The summed E-state index contributed by atoms with van der Waals surface area (Å²) in [4.78, 5) is 0. The molecule has 0 N–H and O–H groups in total. The lowest BCUT2D eigenvalue weighted by Gasteiger charge is -1.85. The maximum Gasteiger partial charge on any atom is 0.835 e. The van der Waals surface area contributed by atoms with Gasteiger partial charge in [0.25, 0.3) is 0 Å². The normalized spacial score (nSPS) is 12.0. The van der Waals surface area contributed by atoms with Gasteiger partial charge in [0.2, 0.25) is 0 Å². The Labute approximate surface area is 32.1 Å². The van der Waals surface area contributed by atoms with Crippen molar-refractivity contribution < 1.29 is 21.5 Å². The molecule has 0 aliphatic heterocycles. The summed E-state index contributed by atoms with van der Waals surface area (Å²) in [7, 11) is -6.30. The van der Waals surface area contributed by atoms with Crippen molar-refractivity contribution in [1.82, 2.24) is 0 Å². The molecular weight excluding hydrogens is 120 g/mol. The molecule has 38 valence electrons. The molecule has 0 aromatic heterocycles. The third-order valence-electron chi connectivity index (χ3n) is 0.0875. The summed E-state index contributed by atoms with van der Waals surface area (Å²) >= 11 is 0. The Morgan fingerprint density at radius 2 is 1.33 bits per heavy atom. The Hall–Kier alpha value is -0.103. The van der Waals surface area contributed by atoms with E-state index in [4.69, 9.17) is 0 Å². The van der Waals surface area contributed by atoms with E-state index >= 15 is 0 Å². The van der Waals surface area contributed by atoms with Crippen molar-refractivity contribution >= 4 is 9.32 Å². The highest BCUT2D eigenvalue weighted by molar-refractivity contribution is 6.50. The van der Waals surface area contributed by atoms with E-state index in [-0.39, 0.29) is 0 Å². The van der Waals surface area contributed by atoms with Crippen molar-refractivity contribution in [3.05, 3.63) is 0 Å². The highest BCUT2D eigenvalue weighted by Gasteiger charge is 2.43. The van der Waals surface area contributed by atoms with Gasteiger partial charge in [-0.1, -0.05) is 4.53 Å². The van der Waals surface area contributed by atoms with E-state index in [2.05, 4.69) is 0 Å². The van der Waals surface area contributed by atoms with Gasteiger partial charge in [-0.2, -0.15) is 0 Å². The predicted octanol–water partition coefficient (Wildman–Crippen LogP) is 1.23. The first kappa shape index (κ1) is 5.90. The fraction of sp³-hybridized carbons (Fsp3) is 0. The Kier molecular flexibility index (Phi) is 1.54. The molecule has 0 spiro atoms. The second-order valence-corrected chi connectivity index (χ2v) is 1.57. The van der Waals surface area contributed by atoms with Crippen LogP contribution < -0.4 is 0 Å². The summed E-state index contributed by atoms with van der Waals surface area (Å²) in [6.07, 6.45) is 0. The van der Waals surface area contributed by atoms with Gasteiger partial charge in [0.1, 0.15) is 0 Å². The molecule has 0 saturated carbocycles. The van der Waals surface area contributed by atoms with E-state index < -0.39 is 9.32 Å². The number of hydrogen-bond donors (Lipinski definition) is 0. The van der Waals surface area contributed by atoms with E-state index in [0.717, 1.165) is 0 Å². The fourth-order valence-corrected chi connectivity index (χ4v) is 0. The van der Waals surface area contributed by atoms with Crippen LogP contribution in [0.5, 0.6) is 0 Å². The monoisotopic (exact) mass is 120 g/mol. The SMILES string of the molecule is FO[Si](F)(F)F. The van der Waals surface area contributed by atoms with Gasteiger partial charge in [-0.25, -0.2) is 12.3 Å². The van der Waals surface area contributed by atoms with Gasteiger partial charge in [0.15, 0.2) is 0 Å². The third-order valence-corrected chi connectivity index (χ3v) is 0.262. The molecule has 0 bridgehead atoms. The van der Waals surface area contributed by atoms with Gasteiger partial charge in [-0.05, 0) is 0 Å². The molecule has 0 aliphatic carbocycles. The van der Waals surface area contributed by atoms with Crippen LogP contribution in [-0.4, -0.2) is 9.32 Å². The van der Waals surface area contributed by atoms with Crippen LogP contribution in [0, 0.1) is 0 Å². The number of hydrogen-bond acceptors (Lipinski definition) is 1. The topological polar surface area (TPSA) is 9.23 Å². The second kappa shape index (κ2) is 1.56. The molecule has 6 heavy (non-hydrogen) atoms. The van der Waals surface area contributed by atoms with Crippen LogP contribution in [0.15, 0.2) is 0 Å². The molecule has 0 heterocycles. The van der Waals surface area contributed by atoms with Gasteiger partial charge >= 0.3 is 9.32 Å². The Bertz CT molecular complexity index is 37.3. The lowest BCUT2D eigenvalue weighted by Crippen LogP contribution is -2.14. The van der Waals surface area contributed by atoms with Crippen molar-refractivity contribution in [1.29, 1.82) is 0 Å². The molecule has 0 atom stereocenters. The average molecular weight is 120 g/mol. The first-order valence-electron chi connectivity index (χ1n) is 0.925. The van der Waals surface area contributed by atoms with Crippen molar-refractivity contribution in [2.45, 2.75) is 0 Å². The van der Waals surface area contributed by atoms with E-state index in [1.54, 1.807) is 4.63 Å². The maximum absolute atomic E-state index is 10.3. The minimum absolute atomic E-state index is 1.58. The molecule has 0 unspecified atom stereocenters. The largest absolute Gasteiger partial charge is 0.835 e. The van der Waals surface area contributed by atoms with E-state index in [1.165, 1.54) is 0 Å². The van der Waals surface area contributed by atoms with Crippen LogP contribution in [0.1, 0.15) is 0 Å². The van der Waals surface area contributed by atoms with E-state index in [9.17, 15) is 16.8 Å². The summed E-state index contributed by atoms with van der Waals surface area (Å²) in [5.74, 6) is 0. The molecule has 0 rings (SSSR count). The quantitative estimate of drug-likeness (QED) is 0.287. The van der Waals surface area contributed by atoms with Gasteiger partial charge in [-0.15, -0.1) is 4.63 Å². The van der Waals surface area contributed by atoms with Crippen LogP contribution in [0.4, 0.5) is 16.8 Å². The Balaban J connectivity index is 3.17. The van der Waals surface area contributed by atoms with Crippen molar-refractivity contribution in [3.8, 4) is 0 Å². The zero-order valence-electron chi connectivity index (χ0n) is 2.42. The highest BCUT2D eigenvalue weighted by atomic mass is 28.5. The van der Waals surface area contributed by atoms with Crippen LogP contribution in [-0.2, 0) is 4.63 Å². The molecule has 0 saturated heterocycles. The van der Waals surface area contributed by atoms with Crippen molar-refractivity contribution in [2.24, 2.45) is 0 Å². The van der Waals surface area contributed by atoms with Crippen LogP contribution in [0.3, 0.4) is 0 Å².